The molecule has 0 atom stereocenters. The first-order chi connectivity index (χ1) is 18.6. The molecule has 6 nitrogen and oxygen atoms in total. The highest BCUT2D eigenvalue weighted by Crippen LogP contribution is 2.57. The Hall–Kier alpha value is -2.72. The molecule has 3 saturated carbocycles. The number of fused-ring (bicyclic) bond motifs is 3. The van der Waals surface area contributed by atoms with Crippen molar-refractivity contribution in [2.75, 3.05) is 12.8 Å². The van der Waals surface area contributed by atoms with Gasteiger partial charge in [-0.3, -0.25) is 0 Å². The second kappa shape index (κ2) is 10.7. The number of benzene rings is 2. The van der Waals surface area contributed by atoms with Crippen LogP contribution in [0.3, 0.4) is 0 Å². The van der Waals surface area contributed by atoms with Gasteiger partial charge in [-0.15, -0.1) is 22.0 Å². The summed E-state index contributed by atoms with van der Waals surface area (Å²) in [6.45, 7) is 1.01. The first-order valence-corrected chi connectivity index (χ1v) is 14.6. The summed E-state index contributed by atoms with van der Waals surface area (Å²) in [6, 6.07) is 10.9. The average Bonchev–Trinajstić information content (AvgIpc) is 3.33. The maximum Gasteiger partial charge on any atom is 0.417 e. The summed E-state index contributed by atoms with van der Waals surface area (Å²) < 4.78 is 42.6. The third-order valence-corrected chi connectivity index (χ3v) is 9.59. The fourth-order valence-electron chi connectivity index (χ4n) is 6.18. The van der Waals surface area contributed by atoms with E-state index >= 15 is 0 Å². The van der Waals surface area contributed by atoms with E-state index < -0.39 is 11.7 Å². The van der Waals surface area contributed by atoms with Crippen LogP contribution in [0.1, 0.15) is 55.5 Å². The van der Waals surface area contributed by atoms with Crippen molar-refractivity contribution in [1.29, 1.82) is 0 Å². The SMILES string of the molecule is CSc1cc(Cl)ccc1CNC(=O)NCC12CCC(c3nnc(-c4ccccc4C(F)(F)F)n3C)(CC1)CC2. The molecule has 39 heavy (non-hydrogen) atoms. The van der Waals surface area contributed by atoms with Crippen LogP contribution in [-0.2, 0) is 25.2 Å². The Bertz CT molecular complexity index is 1350. The highest BCUT2D eigenvalue weighted by molar-refractivity contribution is 7.98. The van der Waals surface area contributed by atoms with Gasteiger partial charge in [-0.05, 0) is 74.0 Å². The highest BCUT2D eigenvalue weighted by Gasteiger charge is 2.51. The number of thioether (sulfide) groups is 1. The molecule has 208 valence electrons. The first kappa shape index (κ1) is 27.8. The molecule has 0 aliphatic heterocycles. The molecule has 2 N–H and O–H groups in total. The van der Waals surface area contributed by atoms with Gasteiger partial charge in [0.1, 0.15) is 5.82 Å². The number of aromatic nitrogens is 3. The molecule has 11 heteroatoms. The van der Waals surface area contributed by atoms with E-state index in [4.69, 9.17) is 11.6 Å². The summed E-state index contributed by atoms with van der Waals surface area (Å²) in [4.78, 5) is 13.6. The normalized spacial score (nSPS) is 22.6. The van der Waals surface area contributed by atoms with Gasteiger partial charge in [0.15, 0.2) is 5.82 Å². The van der Waals surface area contributed by atoms with Crippen LogP contribution in [0, 0.1) is 5.41 Å². The molecule has 1 aromatic heterocycles. The number of nitrogens with zero attached hydrogens (tertiary/aromatic N) is 3. The zero-order valence-corrected chi connectivity index (χ0v) is 23.4. The van der Waals surface area contributed by atoms with Crippen molar-refractivity contribution in [3.05, 3.63) is 64.4 Å². The van der Waals surface area contributed by atoms with E-state index in [-0.39, 0.29) is 28.2 Å². The Kier molecular flexibility index (Phi) is 7.63. The van der Waals surface area contributed by atoms with E-state index in [1.54, 1.807) is 29.4 Å². The fraction of sp³-hybridized carbons (Fsp3) is 0.464. The third-order valence-electron chi connectivity index (χ3n) is 8.54. The topological polar surface area (TPSA) is 71.8 Å². The second-order valence-corrected chi connectivity index (χ2v) is 12.0. The van der Waals surface area contributed by atoms with Crippen molar-refractivity contribution in [2.45, 2.75) is 61.6 Å². The van der Waals surface area contributed by atoms with Crippen molar-refractivity contribution in [1.82, 2.24) is 25.4 Å². The van der Waals surface area contributed by atoms with Crippen LogP contribution in [0.25, 0.3) is 11.4 Å². The quantitative estimate of drug-likeness (QED) is 0.298. The van der Waals surface area contributed by atoms with Gasteiger partial charge in [0.25, 0.3) is 0 Å². The Morgan fingerprint density at radius 1 is 1.05 bits per heavy atom. The van der Waals surface area contributed by atoms with Crippen molar-refractivity contribution >= 4 is 29.4 Å². The molecule has 6 rings (SSSR count). The lowest BCUT2D eigenvalue weighted by Crippen LogP contribution is -2.51. The number of nitrogens with one attached hydrogen (secondary N) is 2. The van der Waals surface area contributed by atoms with Crippen LogP contribution in [0.15, 0.2) is 47.4 Å². The van der Waals surface area contributed by atoms with E-state index in [0.717, 1.165) is 60.9 Å². The minimum absolute atomic E-state index is 0.0219. The van der Waals surface area contributed by atoms with Crippen LogP contribution < -0.4 is 10.6 Å². The predicted molar refractivity (Wildman–Crippen MR) is 147 cm³/mol. The second-order valence-electron chi connectivity index (χ2n) is 10.7. The number of amides is 2. The Morgan fingerprint density at radius 2 is 1.74 bits per heavy atom. The maximum absolute atomic E-state index is 13.6. The number of alkyl halides is 3. The predicted octanol–water partition coefficient (Wildman–Crippen LogP) is 6.97. The molecule has 1 heterocycles. The molecule has 3 aliphatic rings. The van der Waals surface area contributed by atoms with Gasteiger partial charge in [-0.2, -0.15) is 13.2 Å². The van der Waals surface area contributed by atoms with Gasteiger partial charge in [0.05, 0.1) is 5.56 Å². The van der Waals surface area contributed by atoms with Crippen LogP contribution in [0.5, 0.6) is 0 Å². The molecule has 0 spiro atoms. The lowest BCUT2D eigenvalue weighted by Gasteiger charge is -2.52. The Balaban J connectivity index is 1.22. The summed E-state index contributed by atoms with van der Waals surface area (Å²) in [7, 11) is 1.76. The molecule has 3 aromatic rings. The lowest BCUT2D eigenvalue weighted by molar-refractivity contribution is -0.137. The van der Waals surface area contributed by atoms with E-state index in [1.165, 1.54) is 12.1 Å². The van der Waals surface area contributed by atoms with Crippen LogP contribution in [0.4, 0.5) is 18.0 Å². The van der Waals surface area contributed by atoms with Crippen molar-refractivity contribution in [2.24, 2.45) is 12.5 Å². The third kappa shape index (κ3) is 5.50. The van der Waals surface area contributed by atoms with Gasteiger partial charge in [0, 0.05) is 41.0 Å². The Morgan fingerprint density at radius 3 is 2.41 bits per heavy atom. The summed E-state index contributed by atoms with van der Waals surface area (Å²) >= 11 is 7.66. The van der Waals surface area contributed by atoms with Crippen LogP contribution in [0.2, 0.25) is 5.02 Å². The fourth-order valence-corrected chi connectivity index (χ4v) is 7.07. The van der Waals surface area contributed by atoms with Gasteiger partial charge >= 0.3 is 12.2 Å². The smallest absolute Gasteiger partial charge is 0.338 e. The molecule has 3 aliphatic carbocycles. The van der Waals surface area contributed by atoms with Crippen molar-refractivity contribution in [3.63, 3.8) is 0 Å². The lowest BCUT2D eigenvalue weighted by atomic mass is 9.53. The molecule has 0 saturated heterocycles. The number of hydrogen-bond donors (Lipinski definition) is 2. The molecule has 0 unspecified atom stereocenters. The number of hydrogen-bond acceptors (Lipinski definition) is 4. The first-order valence-electron chi connectivity index (χ1n) is 13.0. The minimum atomic E-state index is -4.47. The molecule has 3 fully saturated rings. The van der Waals surface area contributed by atoms with Gasteiger partial charge in [-0.25, -0.2) is 4.79 Å². The van der Waals surface area contributed by atoms with Crippen molar-refractivity contribution < 1.29 is 18.0 Å². The number of halogens is 4. The van der Waals surface area contributed by atoms with Crippen molar-refractivity contribution in [3.8, 4) is 11.4 Å². The van der Waals surface area contributed by atoms with E-state index in [2.05, 4.69) is 20.8 Å². The molecular formula is C28H31ClF3N5OS. The summed E-state index contributed by atoms with van der Waals surface area (Å²) in [6.07, 6.45) is 2.86. The summed E-state index contributed by atoms with van der Waals surface area (Å²) in [5.41, 5.74) is 0.165. The summed E-state index contributed by atoms with van der Waals surface area (Å²) in [5.74, 6) is 0.986. The minimum Gasteiger partial charge on any atom is -0.338 e. The highest BCUT2D eigenvalue weighted by atomic mass is 35.5. The zero-order chi connectivity index (χ0) is 27.8. The average molecular weight is 578 g/mol. The Labute approximate surface area is 235 Å². The molecule has 2 aromatic carbocycles. The summed E-state index contributed by atoms with van der Waals surface area (Å²) in [5, 5.41) is 15.4. The molecule has 0 radical (unpaired) electrons. The van der Waals surface area contributed by atoms with Crippen LogP contribution >= 0.6 is 23.4 Å². The maximum atomic E-state index is 13.6. The van der Waals surface area contributed by atoms with E-state index in [9.17, 15) is 18.0 Å². The monoisotopic (exact) mass is 577 g/mol. The number of carbonyl (C=O) groups is 1. The van der Waals surface area contributed by atoms with Gasteiger partial charge < -0.3 is 15.2 Å². The van der Waals surface area contributed by atoms with Crippen LogP contribution in [-0.4, -0.2) is 33.6 Å². The van der Waals surface area contributed by atoms with E-state index in [1.807, 2.05) is 24.5 Å². The molecule has 2 bridgehead atoms. The number of rotatable bonds is 7. The van der Waals surface area contributed by atoms with Gasteiger partial charge in [0.2, 0.25) is 0 Å². The zero-order valence-electron chi connectivity index (χ0n) is 21.9. The number of carbonyl (C=O) groups excluding carboxylic acids is 1. The van der Waals surface area contributed by atoms with Gasteiger partial charge in [-0.1, -0.05) is 35.9 Å². The largest absolute Gasteiger partial charge is 0.417 e. The molecular weight excluding hydrogens is 547 g/mol. The molecule has 2 amide bonds. The van der Waals surface area contributed by atoms with E-state index in [0.29, 0.717) is 18.1 Å². The standard InChI is InChI=1S/C28H31ClF3N5OS/c1-37-23(20-5-3-4-6-21(20)28(30,31)32)35-36-24(37)27-12-9-26(10-13-27,11-14-27)17-34-25(38)33-16-18-7-8-19(29)15-22(18)39-2/h3-8,15H,9-14,16-17H2,1-2H3,(H2,33,34,38). The number of urea groups is 1.